The maximum Gasteiger partial charge on any atom is 0.407 e. The number of ether oxygens (including phenoxy) is 2. The zero-order valence-electron chi connectivity index (χ0n) is 18.8. The average Bonchev–Trinajstić information content (AvgIpc) is 3.28. The minimum absolute atomic E-state index is 0.0222. The minimum atomic E-state index is -1.22. The maximum atomic E-state index is 12.4. The Kier molecular flexibility index (Phi) is 8.06. The molecule has 34 heavy (non-hydrogen) atoms. The van der Waals surface area contributed by atoms with E-state index in [2.05, 4.69) is 25.9 Å². The number of anilines is 2. The topological polar surface area (TPSA) is 172 Å². The second kappa shape index (κ2) is 11.2. The van der Waals surface area contributed by atoms with Crippen LogP contribution in [0.1, 0.15) is 32.3 Å². The molecule has 5 N–H and O–H groups in total. The molecule has 0 radical (unpaired) electrons. The van der Waals surface area contributed by atoms with Crippen LogP contribution < -0.4 is 20.7 Å². The monoisotopic (exact) mass is 473 g/mol. The van der Waals surface area contributed by atoms with E-state index in [1.165, 1.54) is 6.20 Å². The Morgan fingerprint density at radius 1 is 1.29 bits per heavy atom. The molecule has 12 nitrogen and oxygen atoms in total. The molecule has 1 aliphatic rings. The first-order chi connectivity index (χ1) is 16.2. The first kappa shape index (κ1) is 24.6. The standard InChI is InChI=1S/C22H27N5O7/c1-12(2)11-33-22(32)26-15(20(30)31)10-13-3-4-16-14(9-13)25-19(29)17(34-16)5-6-18(28)27-21-23-7-8-24-21/h3-4,7-9,12,15,17H,5-6,10-11H2,1-2H3,(H,25,29)(H,26,32)(H,30,31)(H2,23,24,27,28)/t15-,17+/m0/s1. The fourth-order valence-electron chi connectivity index (χ4n) is 3.17. The number of nitrogens with one attached hydrogen (secondary N) is 4. The van der Waals surface area contributed by atoms with E-state index < -0.39 is 30.1 Å². The van der Waals surface area contributed by atoms with Crippen molar-refractivity contribution in [3.63, 3.8) is 0 Å². The number of hydrogen-bond acceptors (Lipinski definition) is 7. The Morgan fingerprint density at radius 2 is 2.09 bits per heavy atom. The normalized spacial score (nSPS) is 15.5. The second-order valence-corrected chi connectivity index (χ2v) is 8.18. The number of fused-ring (bicyclic) bond motifs is 1. The zero-order chi connectivity index (χ0) is 24.7. The van der Waals surface area contributed by atoms with Crippen molar-refractivity contribution < 1.29 is 33.8 Å². The number of amides is 3. The Balaban J connectivity index is 1.57. The third kappa shape index (κ3) is 6.95. The number of carbonyl (C=O) groups excluding carboxylic acids is 3. The number of carboxylic acid groups (broad SMARTS) is 1. The van der Waals surface area contributed by atoms with Gasteiger partial charge in [0.05, 0.1) is 12.3 Å². The molecule has 0 spiro atoms. The molecular weight excluding hydrogens is 446 g/mol. The molecule has 1 aromatic heterocycles. The molecule has 1 aliphatic heterocycles. The second-order valence-electron chi connectivity index (χ2n) is 8.18. The van der Waals surface area contributed by atoms with Gasteiger partial charge >= 0.3 is 12.1 Å². The van der Waals surface area contributed by atoms with Crippen LogP contribution in [0, 0.1) is 5.92 Å². The van der Waals surface area contributed by atoms with Gasteiger partial charge in [0.25, 0.3) is 5.91 Å². The van der Waals surface area contributed by atoms with Gasteiger partial charge < -0.3 is 30.2 Å². The fourth-order valence-corrected chi connectivity index (χ4v) is 3.17. The van der Waals surface area contributed by atoms with Crippen LogP contribution >= 0.6 is 0 Å². The number of carbonyl (C=O) groups is 4. The Bertz CT molecular complexity index is 1040. The van der Waals surface area contributed by atoms with Crippen LogP contribution in [-0.2, 0) is 25.5 Å². The van der Waals surface area contributed by atoms with Crippen molar-refractivity contribution in [3.8, 4) is 5.75 Å². The highest BCUT2D eigenvalue weighted by atomic mass is 16.5. The van der Waals surface area contributed by atoms with E-state index >= 15 is 0 Å². The van der Waals surface area contributed by atoms with Gasteiger partial charge in [-0.05, 0) is 23.6 Å². The van der Waals surface area contributed by atoms with Crippen LogP contribution in [0.15, 0.2) is 30.6 Å². The lowest BCUT2D eigenvalue weighted by Gasteiger charge is -2.26. The van der Waals surface area contributed by atoms with Gasteiger partial charge in [-0.2, -0.15) is 0 Å². The van der Waals surface area contributed by atoms with Gasteiger partial charge in [0.2, 0.25) is 11.9 Å². The molecule has 2 heterocycles. The van der Waals surface area contributed by atoms with E-state index in [1.54, 1.807) is 24.4 Å². The van der Waals surface area contributed by atoms with E-state index in [9.17, 15) is 24.3 Å². The minimum Gasteiger partial charge on any atom is -0.480 e. The number of rotatable bonds is 10. The first-order valence-electron chi connectivity index (χ1n) is 10.8. The van der Waals surface area contributed by atoms with E-state index in [4.69, 9.17) is 9.47 Å². The summed E-state index contributed by atoms with van der Waals surface area (Å²) in [4.78, 5) is 54.6. The molecule has 2 atom stereocenters. The van der Waals surface area contributed by atoms with Crippen molar-refractivity contribution in [1.29, 1.82) is 0 Å². The van der Waals surface area contributed by atoms with Crippen molar-refractivity contribution in [2.45, 2.75) is 45.3 Å². The Morgan fingerprint density at radius 3 is 2.76 bits per heavy atom. The number of nitrogens with zero attached hydrogens (tertiary/aromatic N) is 1. The van der Waals surface area contributed by atoms with Crippen molar-refractivity contribution in [3.05, 3.63) is 36.2 Å². The van der Waals surface area contributed by atoms with E-state index in [-0.39, 0.29) is 37.7 Å². The lowest BCUT2D eigenvalue weighted by Crippen LogP contribution is -2.43. The third-order valence-electron chi connectivity index (χ3n) is 4.83. The van der Waals surface area contributed by atoms with Crippen molar-refractivity contribution in [1.82, 2.24) is 15.3 Å². The van der Waals surface area contributed by atoms with Gasteiger partial charge in [-0.1, -0.05) is 19.9 Å². The molecular formula is C22H27N5O7. The number of aromatic amines is 1. The highest BCUT2D eigenvalue weighted by molar-refractivity contribution is 5.98. The Labute approximate surface area is 195 Å². The molecule has 3 rings (SSSR count). The average molecular weight is 473 g/mol. The highest BCUT2D eigenvalue weighted by Crippen LogP contribution is 2.32. The summed E-state index contributed by atoms with van der Waals surface area (Å²) in [5.41, 5.74) is 0.945. The molecule has 0 unspecified atom stereocenters. The molecule has 3 amide bonds. The van der Waals surface area contributed by atoms with Gasteiger partial charge in [0, 0.05) is 31.7 Å². The van der Waals surface area contributed by atoms with E-state index in [0.717, 1.165) is 0 Å². The Hall–Kier alpha value is -4.09. The SMILES string of the molecule is CC(C)COC(=O)N[C@@H](Cc1ccc2c(c1)NC(=O)[C@@H](CCC(=O)Nc1ncc[nH]1)O2)C(=O)O. The first-order valence-corrected chi connectivity index (χ1v) is 10.8. The summed E-state index contributed by atoms with van der Waals surface area (Å²) >= 11 is 0. The van der Waals surface area contributed by atoms with Gasteiger partial charge in [0.15, 0.2) is 6.10 Å². The molecule has 0 saturated carbocycles. The van der Waals surface area contributed by atoms with E-state index in [1.807, 2.05) is 13.8 Å². The number of carboxylic acids is 1. The lowest BCUT2D eigenvalue weighted by molar-refractivity contribution is -0.139. The van der Waals surface area contributed by atoms with E-state index in [0.29, 0.717) is 22.9 Å². The maximum absolute atomic E-state index is 12.4. The van der Waals surface area contributed by atoms with Crippen LogP contribution in [0.5, 0.6) is 5.75 Å². The van der Waals surface area contributed by atoms with Crippen molar-refractivity contribution >= 4 is 35.5 Å². The van der Waals surface area contributed by atoms with Crippen LogP contribution in [0.2, 0.25) is 0 Å². The van der Waals surface area contributed by atoms with Gasteiger partial charge in [-0.15, -0.1) is 0 Å². The smallest absolute Gasteiger partial charge is 0.407 e. The summed E-state index contributed by atoms with van der Waals surface area (Å²) in [6.07, 6.45) is 1.59. The van der Waals surface area contributed by atoms with Gasteiger partial charge in [-0.3, -0.25) is 14.9 Å². The number of aliphatic carboxylic acids is 1. The lowest BCUT2D eigenvalue weighted by atomic mass is 10.0. The third-order valence-corrected chi connectivity index (χ3v) is 4.83. The largest absolute Gasteiger partial charge is 0.480 e. The quantitative estimate of drug-likeness (QED) is 0.348. The molecule has 0 aliphatic carbocycles. The highest BCUT2D eigenvalue weighted by Gasteiger charge is 2.29. The summed E-state index contributed by atoms with van der Waals surface area (Å²) in [7, 11) is 0. The molecule has 182 valence electrons. The van der Waals surface area contributed by atoms with Crippen LogP contribution in [0.3, 0.4) is 0 Å². The number of benzene rings is 1. The van der Waals surface area contributed by atoms with Gasteiger partial charge in [0.1, 0.15) is 11.8 Å². The molecule has 12 heteroatoms. The molecule has 0 fully saturated rings. The molecule has 0 saturated heterocycles. The number of H-pyrrole nitrogens is 1. The number of aromatic nitrogens is 2. The van der Waals surface area contributed by atoms with Crippen LogP contribution in [-0.4, -0.2) is 57.7 Å². The predicted molar refractivity (Wildman–Crippen MR) is 120 cm³/mol. The molecule has 0 bridgehead atoms. The molecule has 1 aromatic carbocycles. The number of hydrogen-bond donors (Lipinski definition) is 5. The summed E-state index contributed by atoms with van der Waals surface area (Å²) < 4.78 is 10.7. The summed E-state index contributed by atoms with van der Waals surface area (Å²) in [6.45, 7) is 3.91. The fraction of sp³-hybridized carbons (Fsp3) is 0.409. The number of imidazole rings is 1. The summed E-state index contributed by atoms with van der Waals surface area (Å²) in [5.74, 6) is -1.11. The van der Waals surface area contributed by atoms with Gasteiger partial charge in [-0.25, -0.2) is 14.6 Å². The zero-order valence-corrected chi connectivity index (χ0v) is 18.8. The summed E-state index contributed by atoms with van der Waals surface area (Å²) in [5, 5.41) is 17.1. The number of alkyl carbamates (subject to hydrolysis) is 1. The van der Waals surface area contributed by atoms with Crippen molar-refractivity contribution in [2.24, 2.45) is 5.92 Å². The van der Waals surface area contributed by atoms with Crippen LogP contribution in [0.25, 0.3) is 0 Å². The molecule has 2 aromatic rings. The van der Waals surface area contributed by atoms with Crippen molar-refractivity contribution in [2.75, 3.05) is 17.2 Å². The summed E-state index contributed by atoms with van der Waals surface area (Å²) in [6, 6.07) is 3.63. The van der Waals surface area contributed by atoms with Crippen LogP contribution in [0.4, 0.5) is 16.4 Å². The predicted octanol–water partition coefficient (Wildman–Crippen LogP) is 1.91.